The fourth-order valence-electron chi connectivity index (χ4n) is 1.81. The Bertz CT molecular complexity index is 340. The first-order valence-electron chi connectivity index (χ1n) is 5.61. The molecule has 0 atom stereocenters. The first-order chi connectivity index (χ1) is 7.41. The largest absolute Gasteiger partial charge is 0.294 e. The average molecular weight is 260 g/mol. The lowest BCUT2D eigenvalue weighted by Crippen LogP contribution is -2.36. The van der Waals surface area contributed by atoms with Gasteiger partial charge >= 0.3 is 0 Å². The van der Waals surface area contributed by atoms with E-state index >= 15 is 0 Å². The van der Waals surface area contributed by atoms with E-state index in [0.29, 0.717) is 17.1 Å². The van der Waals surface area contributed by atoms with Gasteiger partial charge in [-0.3, -0.25) is 4.90 Å². The Kier molecular flexibility index (Phi) is 5.10. The summed E-state index contributed by atoms with van der Waals surface area (Å²) in [6.07, 6.45) is 0. The summed E-state index contributed by atoms with van der Waals surface area (Å²) >= 11 is 12.1. The van der Waals surface area contributed by atoms with Crippen LogP contribution in [-0.4, -0.2) is 17.0 Å². The van der Waals surface area contributed by atoms with E-state index < -0.39 is 0 Å². The highest BCUT2D eigenvalue weighted by atomic mass is 35.5. The number of hydrogen-bond donors (Lipinski definition) is 0. The van der Waals surface area contributed by atoms with Crippen molar-refractivity contribution in [2.24, 2.45) is 0 Å². The topological polar surface area (TPSA) is 3.24 Å². The maximum Gasteiger partial charge on any atom is 0.0465 e. The van der Waals surface area contributed by atoms with Gasteiger partial charge in [-0.1, -0.05) is 29.3 Å². The van der Waals surface area contributed by atoms with E-state index in [-0.39, 0.29) is 0 Å². The minimum absolute atomic E-state index is 0.506. The van der Waals surface area contributed by atoms with E-state index in [1.54, 1.807) is 6.07 Å². The van der Waals surface area contributed by atoms with Crippen molar-refractivity contribution in [1.29, 1.82) is 0 Å². The fourth-order valence-corrected chi connectivity index (χ4v) is 2.28. The zero-order chi connectivity index (χ0) is 12.3. The number of nitrogens with zero attached hydrogens (tertiary/aromatic N) is 1. The van der Waals surface area contributed by atoms with E-state index in [4.69, 9.17) is 23.2 Å². The number of rotatable bonds is 4. The van der Waals surface area contributed by atoms with E-state index in [1.165, 1.54) is 0 Å². The maximum absolute atomic E-state index is 6.17. The highest BCUT2D eigenvalue weighted by molar-refractivity contribution is 6.35. The molecule has 1 aromatic carbocycles. The van der Waals surface area contributed by atoms with Gasteiger partial charge in [-0.2, -0.15) is 0 Å². The Labute approximate surface area is 108 Å². The highest BCUT2D eigenvalue weighted by Crippen LogP contribution is 2.23. The summed E-state index contributed by atoms with van der Waals surface area (Å²) in [6.45, 7) is 9.66. The summed E-state index contributed by atoms with van der Waals surface area (Å²) in [5.74, 6) is 0. The number of halogens is 2. The lowest BCUT2D eigenvalue weighted by molar-refractivity contribution is 0.166. The van der Waals surface area contributed by atoms with Crippen LogP contribution in [0, 0.1) is 0 Å². The molecule has 0 saturated carbocycles. The predicted molar refractivity (Wildman–Crippen MR) is 72.3 cm³/mol. The third-order valence-corrected chi connectivity index (χ3v) is 3.28. The van der Waals surface area contributed by atoms with Crippen LogP contribution in [0.15, 0.2) is 18.2 Å². The molecule has 3 heteroatoms. The molecule has 0 aliphatic rings. The first-order valence-corrected chi connectivity index (χ1v) is 6.37. The second kappa shape index (κ2) is 5.90. The molecule has 16 heavy (non-hydrogen) atoms. The molecular weight excluding hydrogens is 241 g/mol. The highest BCUT2D eigenvalue weighted by Gasteiger charge is 2.15. The van der Waals surface area contributed by atoms with Gasteiger partial charge in [-0.25, -0.2) is 0 Å². The standard InChI is InChI=1S/C13H19Cl2N/c1-9(2)16(10(3)4)8-11-5-6-12(14)7-13(11)15/h5-7,9-10H,8H2,1-4H3. The van der Waals surface area contributed by atoms with Crippen molar-refractivity contribution in [2.45, 2.75) is 46.3 Å². The van der Waals surface area contributed by atoms with Gasteiger partial charge in [0.05, 0.1) is 0 Å². The van der Waals surface area contributed by atoms with Gasteiger partial charge in [0.15, 0.2) is 0 Å². The van der Waals surface area contributed by atoms with Crippen molar-refractivity contribution < 1.29 is 0 Å². The summed E-state index contributed by atoms with van der Waals surface area (Å²) in [5.41, 5.74) is 1.13. The van der Waals surface area contributed by atoms with Crippen molar-refractivity contribution in [2.75, 3.05) is 0 Å². The van der Waals surface area contributed by atoms with Crippen LogP contribution >= 0.6 is 23.2 Å². The molecule has 0 bridgehead atoms. The summed E-state index contributed by atoms with van der Waals surface area (Å²) in [5, 5.41) is 1.44. The van der Waals surface area contributed by atoms with Crippen molar-refractivity contribution >= 4 is 23.2 Å². The second-order valence-corrected chi connectivity index (χ2v) is 5.44. The van der Waals surface area contributed by atoms with Crippen LogP contribution in [0.2, 0.25) is 10.0 Å². The average Bonchev–Trinajstić information content (AvgIpc) is 2.15. The van der Waals surface area contributed by atoms with Gasteiger partial charge in [0.2, 0.25) is 0 Å². The van der Waals surface area contributed by atoms with E-state index in [9.17, 15) is 0 Å². The smallest absolute Gasteiger partial charge is 0.0465 e. The van der Waals surface area contributed by atoms with E-state index in [2.05, 4.69) is 32.6 Å². The molecule has 1 rings (SSSR count). The molecule has 0 unspecified atom stereocenters. The van der Waals surface area contributed by atoms with Gasteiger partial charge in [0, 0.05) is 28.7 Å². The zero-order valence-electron chi connectivity index (χ0n) is 10.3. The molecule has 0 aromatic heterocycles. The molecule has 0 aliphatic carbocycles. The minimum Gasteiger partial charge on any atom is -0.294 e. The molecule has 0 heterocycles. The summed E-state index contributed by atoms with van der Waals surface area (Å²) in [7, 11) is 0. The Balaban J connectivity index is 2.85. The van der Waals surface area contributed by atoms with Gasteiger partial charge < -0.3 is 0 Å². The third-order valence-electron chi connectivity index (χ3n) is 2.69. The molecule has 0 fully saturated rings. The molecule has 90 valence electrons. The fraction of sp³-hybridized carbons (Fsp3) is 0.538. The maximum atomic E-state index is 6.17. The monoisotopic (exact) mass is 259 g/mol. The van der Waals surface area contributed by atoms with Gasteiger partial charge in [0.1, 0.15) is 0 Å². The van der Waals surface area contributed by atoms with Crippen LogP contribution in [0.5, 0.6) is 0 Å². The van der Waals surface area contributed by atoms with Crippen LogP contribution in [0.4, 0.5) is 0 Å². The Morgan fingerprint density at radius 3 is 2.06 bits per heavy atom. The van der Waals surface area contributed by atoms with Crippen LogP contribution < -0.4 is 0 Å². The van der Waals surface area contributed by atoms with Crippen molar-refractivity contribution in [3.8, 4) is 0 Å². The molecule has 0 N–H and O–H groups in total. The summed E-state index contributed by atoms with van der Waals surface area (Å²) in [6, 6.07) is 6.71. The Hall–Kier alpha value is -0.240. The molecular formula is C13H19Cl2N. The third kappa shape index (κ3) is 3.65. The molecule has 0 amide bonds. The van der Waals surface area contributed by atoms with E-state index in [1.807, 2.05) is 12.1 Å². The Morgan fingerprint density at radius 1 is 1.06 bits per heavy atom. The van der Waals surface area contributed by atoms with Crippen LogP contribution in [0.25, 0.3) is 0 Å². The van der Waals surface area contributed by atoms with Gasteiger partial charge in [-0.05, 0) is 45.4 Å². The second-order valence-electron chi connectivity index (χ2n) is 4.60. The first kappa shape index (κ1) is 13.8. The van der Waals surface area contributed by atoms with Crippen LogP contribution in [0.1, 0.15) is 33.3 Å². The van der Waals surface area contributed by atoms with Crippen molar-refractivity contribution in [1.82, 2.24) is 4.90 Å². The van der Waals surface area contributed by atoms with E-state index in [0.717, 1.165) is 17.1 Å². The lowest BCUT2D eigenvalue weighted by atomic mass is 10.1. The van der Waals surface area contributed by atoms with Crippen LogP contribution in [0.3, 0.4) is 0 Å². The normalized spacial score (nSPS) is 11.8. The van der Waals surface area contributed by atoms with Gasteiger partial charge in [-0.15, -0.1) is 0 Å². The minimum atomic E-state index is 0.506. The lowest BCUT2D eigenvalue weighted by Gasteiger charge is -2.30. The molecule has 1 nitrogen and oxygen atoms in total. The molecule has 0 spiro atoms. The molecule has 0 radical (unpaired) electrons. The number of benzene rings is 1. The van der Waals surface area contributed by atoms with Gasteiger partial charge in [0.25, 0.3) is 0 Å². The predicted octanol–water partition coefficient (Wildman–Crippen LogP) is 4.61. The molecule has 0 saturated heterocycles. The number of hydrogen-bond acceptors (Lipinski definition) is 1. The SMILES string of the molecule is CC(C)N(Cc1ccc(Cl)cc1Cl)C(C)C. The molecule has 1 aromatic rings. The van der Waals surface area contributed by atoms with Crippen molar-refractivity contribution in [3.63, 3.8) is 0 Å². The zero-order valence-corrected chi connectivity index (χ0v) is 11.8. The molecule has 0 aliphatic heterocycles. The van der Waals surface area contributed by atoms with Crippen molar-refractivity contribution in [3.05, 3.63) is 33.8 Å². The van der Waals surface area contributed by atoms with Crippen LogP contribution in [-0.2, 0) is 6.54 Å². The summed E-state index contributed by atoms with van der Waals surface area (Å²) in [4.78, 5) is 2.40. The quantitative estimate of drug-likeness (QED) is 0.764. The summed E-state index contributed by atoms with van der Waals surface area (Å²) < 4.78 is 0. The Morgan fingerprint density at radius 2 is 1.62 bits per heavy atom.